The van der Waals surface area contributed by atoms with Crippen LogP contribution in [0, 0.1) is 29.1 Å². The summed E-state index contributed by atoms with van der Waals surface area (Å²) in [5.41, 5.74) is 6.87. The maximum absolute atomic E-state index is 15.2. The second kappa shape index (κ2) is 11.5. The highest BCUT2D eigenvalue weighted by Crippen LogP contribution is 2.40. The van der Waals surface area contributed by atoms with E-state index in [1.54, 1.807) is 60.7 Å². The molecule has 3 N–H and O–H groups in total. The van der Waals surface area contributed by atoms with E-state index in [2.05, 4.69) is 4.98 Å². The second-order valence-electron chi connectivity index (χ2n) is 9.31. The Morgan fingerprint density at radius 3 is 1.83 bits per heavy atom. The SMILES string of the molecule is COc1ccc(-c2c(-c3ccc(CO)cc3)nc(-c3c(F)c(F)c(F)c(F)c3F)n2Cc2ccc(C(N)=O)cc2)cc1. The smallest absolute Gasteiger partial charge is 0.248 e. The topological polar surface area (TPSA) is 90.4 Å². The number of rotatable bonds is 8. The van der Waals surface area contributed by atoms with Crippen LogP contribution in [0.25, 0.3) is 33.9 Å². The van der Waals surface area contributed by atoms with Gasteiger partial charge in [0.15, 0.2) is 23.3 Å². The van der Waals surface area contributed by atoms with Gasteiger partial charge < -0.3 is 20.1 Å². The van der Waals surface area contributed by atoms with Gasteiger partial charge in [-0.3, -0.25) is 4.79 Å². The van der Waals surface area contributed by atoms with Crippen LogP contribution in [0.1, 0.15) is 21.5 Å². The number of aromatic nitrogens is 2. The number of carbonyl (C=O) groups is 1. The number of carbonyl (C=O) groups excluding carboxylic acids is 1. The van der Waals surface area contributed by atoms with Crippen LogP contribution in [-0.2, 0) is 13.2 Å². The number of halogens is 5. The molecule has 214 valence electrons. The highest BCUT2D eigenvalue weighted by molar-refractivity contribution is 5.92. The van der Waals surface area contributed by atoms with Gasteiger partial charge in [-0.2, -0.15) is 0 Å². The molecule has 1 heterocycles. The lowest BCUT2D eigenvalue weighted by molar-refractivity contribution is 0.1000. The molecule has 0 atom stereocenters. The predicted molar refractivity (Wildman–Crippen MR) is 145 cm³/mol. The highest BCUT2D eigenvalue weighted by Gasteiger charge is 2.32. The van der Waals surface area contributed by atoms with Gasteiger partial charge in [-0.1, -0.05) is 36.4 Å². The molecular formula is C31H22F5N3O3. The quantitative estimate of drug-likeness (QED) is 0.130. The van der Waals surface area contributed by atoms with Crippen molar-refractivity contribution >= 4 is 5.91 Å². The van der Waals surface area contributed by atoms with Gasteiger partial charge in [-0.15, -0.1) is 0 Å². The summed E-state index contributed by atoms with van der Waals surface area (Å²) in [6.07, 6.45) is 0. The molecule has 4 aromatic carbocycles. The summed E-state index contributed by atoms with van der Waals surface area (Å²) in [5, 5.41) is 9.49. The fourth-order valence-electron chi connectivity index (χ4n) is 4.57. The van der Waals surface area contributed by atoms with Gasteiger partial charge in [0.2, 0.25) is 11.7 Å². The summed E-state index contributed by atoms with van der Waals surface area (Å²) >= 11 is 0. The van der Waals surface area contributed by atoms with E-state index >= 15 is 8.78 Å². The summed E-state index contributed by atoms with van der Waals surface area (Å²) in [4.78, 5) is 16.0. The van der Waals surface area contributed by atoms with E-state index in [9.17, 15) is 23.1 Å². The number of ether oxygens (including phenoxy) is 1. The number of hydrogen-bond donors (Lipinski definition) is 2. The summed E-state index contributed by atoms with van der Waals surface area (Å²) in [6, 6.07) is 19.1. The molecule has 0 radical (unpaired) electrons. The lowest BCUT2D eigenvalue weighted by Crippen LogP contribution is -2.12. The minimum atomic E-state index is -2.29. The molecule has 0 spiro atoms. The first-order chi connectivity index (χ1) is 20.1. The molecule has 11 heteroatoms. The molecule has 0 bridgehead atoms. The van der Waals surface area contributed by atoms with Gasteiger partial charge in [0.05, 0.1) is 30.7 Å². The van der Waals surface area contributed by atoms with Crippen molar-refractivity contribution in [2.75, 3.05) is 7.11 Å². The molecule has 5 aromatic rings. The molecule has 0 aliphatic heterocycles. The van der Waals surface area contributed by atoms with Crippen LogP contribution in [-0.4, -0.2) is 27.7 Å². The number of aliphatic hydroxyl groups excluding tert-OH is 1. The minimum absolute atomic E-state index is 0.142. The van der Waals surface area contributed by atoms with Crippen LogP contribution in [0.15, 0.2) is 72.8 Å². The van der Waals surface area contributed by atoms with Gasteiger partial charge in [-0.05, 0) is 47.5 Å². The zero-order valence-electron chi connectivity index (χ0n) is 22.0. The molecule has 5 rings (SSSR count). The van der Waals surface area contributed by atoms with Crippen molar-refractivity contribution in [3.8, 4) is 39.7 Å². The monoisotopic (exact) mass is 579 g/mol. The van der Waals surface area contributed by atoms with Crippen LogP contribution in [0.4, 0.5) is 22.0 Å². The highest BCUT2D eigenvalue weighted by atomic mass is 19.2. The molecule has 1 aromatic heterocycles. The van der Waals surface area contributed by atoms with Crippen LogP contribution >= 0.6 is 0 Å². The first-order valence-corrected chi connectivity index (χ1v) is 12.5. The Hall–Kier alpha value is -5.03. The van der Waals surface area contributed by atoms with Gasteiger partial charge in [-0.25, -0.2) is 26.9 Å². The van der Waals surface area contributed by atoms with Crippen molar-refractivity contribution in [1.29, 1.82) is 0 Å². The Kier molecular flexibility index (Phi) is 7.77. The number of imidazole rings is 1. The molecule has 0 fully saturated rings. The lowest BCUT2D eigenvalue weighted by atomic mass is 10.0. The predicted octanol–water partition coefficient (Wildman–Crippen LogP) is 6.23. The largest absolute Gasteiger partial charge is 0.497 e. The van der Waals surface area contributed by atoms with E-state index in [0.717, 1.165) is 0 Å². The van der Waals surface area contributed by atoms with Gasteiger partial charge in [0, 0.05) is 23.2 Å². The number of hydrogen-bond acceptors (Lipinski definition) is 4. The van der Waals surface area contributed by atoms with E-state index < -0.39 is 46.4 Å². The third kappa shape index (κ3) is 5.10. The van der Waals surface area contributed by atoms with Crippen LogP contribution in [0.3, 0.4) is 0 Å². The van der Waals surface area contributed by atoms with E-state index in [-0.39, 0.29) is 24.4 Å². The van der Waals surface area contributed by atoms with E-state index in [4.69, 9.17) is 10.5 Å². The van der Waals surface area contributed by atoms with E-state index in [0.29, 0.717) is 33.7 Å². The summed E-state index contributed by atoms with van der Waals surface area (Å²) in [7, 11) is 1.48. The summed E-state index contributed by atoms with van der Waals surface area (Å²) < 4.78 is 79.8. The van der Waals surface area contributed by atoms with Gasteiger partial charge >= 0.3 is 0 Å². The van der Waals surface area contributed by atoms with Gasteiger partial charge in [0.25, 0.3) is 0 Å². The van der Waals surface area contributed by atoms with Crippen molar-refractivity contribution in [3.63, 3.8) is 0 Å². The molecule has 1 amide bonds. The molecule has 6 nitrogen and oxygen atoms in total. The first-order valence-electron chi connectivity index (χ1n) is 12.5. The molecular weight excluding hydrogens is 557 g/mol. The maximum atomic E-state index is 15.2. The molecule has 0 saturated carbocycles. The second-order valence-corrected chi connectivity index (χ2v) is 9.31. The van der Waals surface area contributed by atoms with Crippen LogP contribution < -0.4 is 10.5 Å². The number of nitrogens with zero attached hydrogens (tertiary/aromatic N) is 2. The van der Waals surface area contributed by atoms with Crippen molar-refractivity contribution in [2.45, 2.75) is 13.2 Å². The van der Waals surface area contributed by atoms with Crippen molar-refractivity contribution in [1.82, 2.24) is 9.55 Å². The van der Waals surface area contributed by atoms with Crippen molar-refractivity contribution in [3.05, 3.63) is 119 Å². The normalized spacial score (nSPS) is 11.1. The number of methoxy groups -OCH3 is 1. The van der Waals surface area contributed by atoms with E-state index in [1.165, 1.54) is 23.8 Å². The standard InChI is InChI=1S/C31H22F5N3O3/c1-42-21-12-10-19(11-13-21)29-28(18-6-4-17(15-40)5-7-18)38-31(22-23(32)25(34)27(36)26(35)24(22)33)39(29)14-16-2-8-20(9-3-16)30(37)41/h2-13,40H,14-15H2,1H3,(H2,37,41). The third-order valence-electron chi connectivity index (χ3n) is 6.75. The molecule has 0 aliphatic rings. The molecule has 0 unspecified atom stereocenters. The number of nitrogens with two attached hydrogens (primary N) is 1. The zero-order valence-corrected chi connectivity index (χ0v) is 22.0. The Morgan fingerprint density at radius 1 is 0.786 bits per heavy atom. The van der Waals surface area contributed by atoms with Crippen LogP contribution in [0.5, 0.6) is 5.75 Å². The number of aliphatic hydroxyl groups is 1. The number of primary amides is 1. The fraction of sp³-hybridized carbons (Fsp3) is 0.0968. The van der Waals surface area contributed by atoms with Gasteiger partial charge in [0.1, 0.15) is 11.6 Å². The fourth-order valence-corrected chi connectivity index (χ4v) is 4.57. The first kappa shape index (κ1) is 28.5. The third-order valence-corrected chi connectivity index (χ3v) is 6.75. The summed E-state index contributed by atoms with van der Waals surface area (Å²) in [5.74, 6) is -11.2. The number of amides is 1. The lowest BCUT2D eigenvalue weighted by Gasteiger charge is -2.15. The van der Waals surface area contributed by atoms with Crippen molar-refractivity contribution < 1.29 is 36.6 Å². The average molecular weight is 580 g/mol. The average Bonchev–Trinajstić information content (AvgIpc) is 3.37. The molecule has 42 heavy (non-hydrogen) atoms. The molecule has 0 saturated heterocycles. The summed E-state index contributed by atoms with van der Waals surface area (Å²) in [6.45, 7) is -0.381. The van der Waals surface area contributed by atoms with Crippen molar-refractivity contribution in [2.24, 2.45) is 5.73 Å². The Morgan fingerprint density at radius 2 is 1.31 bits per heavy atom. The van der Waals surface area contributed by atoms with E-state index in [1.807, 2.05) is 0 Å². The van der Waals surface area contributed by atoms with Crippen LogP contribution in [0.2, 0.25) is 0 Å². The Bertz CT molecular complexity index is 1760. The maximum Gasteiger partial charge on any atom is 0.248 e. The Balaban J connectivity index is 1.85. The Labute approximate surface area is 236 Å². The zero-order chi connectivity index (χ0) is 30.1. The minimum Gasteiger partial charge on any atom is -0.497 e. The number of benzene rings is 4. The molecule has 0 aliphatic carbocycles.